The van der Waals surface area contributed by atoms with E-state index in [1.165, 1.54) is 20.3 Å². The number of unbranched alkanes of at least 4 members (excludes halogenated alkanes) is 1. The predicted octanol–water partition coefficient (Wildman–Crippen LogP) is 1.55. The molecule has 1 aliphatic heterocycles. The van der Waals surface area contributed by atoms with Gasteiger partial charge in [0.2, 0.25) is 6.29 Å². The number of aliphatic carboxylic acids is 1. The van der Waals surface area contributed by atoms with E-state index < -0.39 is 49.3 Å². The molecule has 1 heterocycles. The van der Waals surface area contributed by atoms with Gasteiger partial charge in [-0.15, -0.1) is 0 Å². The van der Waals surface area contributed by atoms with Crippen LogP contribution in [0.5, 0.6) is 23.0 Å². The first-order valence-electron chi connectivity index (χ1n) is 14.0. The summed E-state index contributed by atoms with van der Waals surface area (Å²) in [6.45, 7) is 1.62. The van der Waals surface area contributed by atoms with Crippen LogP contribution in [0.25, 0.3) is 11.1 Å². The lowest BCUT2D eigenvalue weighted by molar-refractivity contribution is -0.277. The second kappa shape index (κ2) is 15.7. The van der Waals surface area contributed by atoms with Crippen molar-refractivity contribution in [2.45, 2.75) is 76.2 Å². The predicted molar refractivity (Wildman–Crippen MR) is 151 cm³/mol. The molecule has 13 nitrogen and oxygen atoms in total. The van der Waals surface area contributed by atoms with E-state index in [0.29, 0.717) is 17.7 Å². The van der Waals surface area contributed by atoms with Crippen LogP contribution in [0, 0.1) is 0 Å². The monoisotopic (exact) mass is 608 g/mol. The Morgan fingerprint density at radius 2 is 1.51 bits per heavy atom. The highest BCUT2D eigenvalue weighted by Gasteiger charge is 2.45. The molecule has 1 saturated heterocycles. The Labute approximate surface area is 249 Å². The number of ether oxygens (including phenoxy) is 5. The van der Waals surface area contributed by atoms with Crippen LogP contribution in [0.15, 0.2) is 24.3 Å². The maximum Gasteiger partial charge on any atom is 0.306 e. The molecule has 3 rings (SSSR count). The van der Waals surface area contributed by atoms with E-state index in [2.05, 4.69) is 0 Å². The Morgan fingerprint density at radius 1 is 0.884 bits per heavy atom. The molecule has 43 heavy (non-hydrogen) atoms. The van der Waals surface area contributed by atoms with Crippen LogP contribution in [-0.2, 0) is 31.9 Å². The van der Waals surface area contributed by atoms with Gasteiger partial charge < -0.3 is 54.3 Å². The van der Waals surface area contributed by atoms with Gasteiger partial charge in [0, 0.05) is 24.0 Å². The molecule has 0 spiro atoms. The first-order valence-corrected chi connectivity index (χ1v) is 14.0. The molecule has 0 aromatic heterocycles. The number of hydrogen-bond donors (Lipinski definition) is 6. The molecule has 2 aromatic rings. The van der Waals surface area contributed by atoms with Crippen molar-refractivity contribution in [2.75, 3.05) is 27.4 Å². The molecule has 6 N–H and O–H groups in total. The fourth-order valence-corrected chi connectivity index (χ4v) is 4.63. The molecule has 13 heteroatoms. The third kappa shape index (κ3) is 8.48. The van der Waals surface area contributed by atoms with Crippen LogP contribution in [0.4, 0.5) is 0 Å². The first-order chi connectivity index (χ1) is 20.5. The molecular weight excluding hydrogens is 568 g/mol. The van der Waals surface area contributed by atoms with E-state index in [1.807, 2.05) is 6.92 Å². The van der Waals surface area contributed by atoms with Crippen LogP contribution < -0.4 is 14.2 Å². The zero-order valence-electron chi connectivity index (χ0n) is 24.4. The van der Waals surface area contributed by atoms with E-state index in [0.717, 1.165) is 12.8 Å². The highest BCUT2D eigenvalue weighted by Crippen LogP contribution is 2.47. The normalized spacial score (nSPS) is 21.7. The van der Waals surface area contributed by atoms with E-state index in [-0.39, 0.29) is 59.8 Å². The van der Waals surface area contributed by atoms with Gasteiger partial charge in [-0.2, -0.15) is 0 Å². The number of esters is 1. The Kier molecular flexibility index (Phi) is 12.4. The third-order valence-electron chi connectivity index (χ3n) is 7.07. The van der Waals surface area contributed by atoms with Crippen molar-refractivity contribution in [2.24, 2.45) is 0 Å². The van der Waals surface area contributed by atoms with Crippen molar-refractivity contribution in [3.8, 4) is 34.1 Å². The minimum Gasteiger partial charge on any atom is -0.504 e. The summed E-state index contributed by atoms with van der Waals surface area (Å²) in [5.74, 6) is -1.60. The number of carboxylic acids is 1. The second-order valence-electron chi connectivity index (χ2n) is 10.2. The zero-order chi connectivity index (χ0) is 31.7. The van der Waals surface area contributed by atoms with Crippen LogP contribution >= 0.6 is 0 Å². The fourth-order valence-electron chi connectivity index (χ4n) is 4.63. The summed E-state index contributed by atoms with van der Waals surface area (Å²) >= 11 is 0. The van der Waals surface area contributed by atoms with Crippen LogP contribution in [0.2, 0.25) is 0 Å². The van der Waals surface area contributed by atoms with Crippen LogP contribution in [0.1, 0.15) is 43.7 Å². The Morgan fingerprint density at radius 3 is 2.12 bits per heavy atom. The smallest absolute Gasteiger partial charge is 0.306 e. The molecule has 0 saturated carbocycles. The number of carbonyl (C=O) groups excluding carboxylic acids is 1. The molecule has 0 aliphatic carbocycles. The number of aliphatic hydroxyl groups excluding tert-OH is 4. The maximum atomic E-state index is 12.3. The molecule has 0 amide bonds. The molecule has 1 fully saturated rings. The van der Waals surface area contributed by atoms with Crippen LogP contribution in [-0.4, -0.2) is 101 Å². The van der Waals surface area contributed by atoms with Gasteiger partial charge in [-0.05, 0) is 54.7 Å². The van der Waals surface area contributed by atoms with Gasteiger partial charge in [-0.25, -0.2) is 0 Å². The number of carboxylic acid groups (broad SMARTS) is 1. The second-order valence-corrected chi connectivity index (χ2v) is 10.2. The van der Waals surface area contributed by atoms with E-state index in [9.17, 15) is 40.2 Å². The molecular formula is C30H40O13. The average Bonchev–Trinajstić information content (AvgIpc) is 2.99. The largest absolute Gasteiger partial charge is 0.504 e. The molecule has 5 unspecified atom stereocenters. The SMILES string of the molecule is CCCCOC(=O)CCc1cc(OC)c(OC2OC(CO)C(O)C(O)C2O)c(-c2cc(CCC(=O)O)cc(OC)c2O)c1. The number of aryl methyl sites for hydroxylation is 2. The summed E-state index contributed by atoms with van der Waals surface area (Å²) in [7, 11) is 2.69. The molecule has 5 atom stereocenters. The van der Waals surface area contributed by atoms with Crippen molar-refractivity contribution in [1.29, 1.82) is 0 Å². The van der Waals surface area contributed by atoms with Gasteiger partial charge in [0.1, 0.15) is 24.4 Å². The third-order valence-corrected chi connectivity index (χ3v) is 7.07. The first kappa shape index (κ1) is 33.9. The van der Waals surface area contributed by atoms with Gasteiger partial charge >= 0.3 is 11.9 Å². The standard InChI is InChI=1S/C30H40O13/c1-4-5-10-41-24(34)9-7-17-12-19(18-11-16(6-8-23(32)33)13-20(39-2)25(18)35)29(21(14-17)40-3)43-30-28(38)27(37)26(36)22(15-31)42-30/h11-14,22,26-28,30-31,35-38H,4-10,15H2,1-3H3,(H,32,33). The van der Waals surface area contributed by atoms with E-state index >= 15 is 0 Å². The Hall–Kier alpha value is -3.62. The minimum absolute atomic E-state index is 0.0474. The Balaban J connectivity index is 2.12. The number of rotatable bonds is 15. The number of aliphatic hydroxyl groups is 4. The number of hydrogen-bond acceptors (Lipinski definition) is 12. The molecule has 0 radical (unpaired) electrons. The molecule has 1 aliphatic rings. The number of methoxy groups -OCH3 is 2. The van der Waals surface area contributed by atoms with Gasteiger partial charge in [0.05, 0.1) is 27.4 Å². The number of phenolic OH excluding ortho intramolecular Hbond substituents is 1. The van der Waals surface area contributed by atoms with Gasteiger partial charge in [-0.1, -0.05) is 13.3 Å². The van der Waals surface area contributed by atoms with Gasteiger partial charge in [0.25, 0.3) is 0 Å². The summed E-state index contributed by atoms with van der Waals surface area (Å²) in [6, 6.07) is 6.27. The summed E-state index contributed by atoms with van der Waals surface area (Å²) in [4.78, 5) is 23.5. The molecule has 2 aromatic carbocycles. The Bertz CT molecular complexity index is 1250. The van der Waals surface area contributed by atoms with Crippen molar-refractivity contribution >= 4 is 11.9 Å². The summed E-state index contributed by atoms with van der Waals surface area (Å²) in [6.07, 6.45) is -6.07. The van der Waals surface area contributed by atoms with Crippen molar-refractivity contribution in [1.82, 2.24) is 0 Å². The lowest BCUT2D eigenvalue weighted by Gasteiger charge is -2.40. The van der Waals surface area contributed by atoms with Crippen molar-refractivity contribution < 1.29 is 63.9 Å². The zero-order valence-corrected chi connectivity index (χ0v) is 24.4. The summed E-state index contributed by atoms with van der Waals surface area (Å²) in [5, 5.41) is 61.1. The summed E-state index contributed by atoms with van der Waals surface area (Å²) < 4.78 is 27.8. The lowest BCUT2D eigenvalue weighted by atomic mass is 9.95. The van der Waals surface area contributed by atoms with Crippen LogP contribution in [0.3, 0.4) is 0 Å². The minimum atomic E-state index is -1.74. The van der Waals surface area contributed by atoms with Gasteiger partial charge in [0.15, 0.2) is 23.0 Å². The molecule has 238 valence electrons. The van der Waals surface area contributed by atoms with E-state index in [4.69, 9.17) is 23.7 Å². The number of phenols is 1. The topological polar surface area (TPSA) is 202 Å². The quantitative estimate of drug-likeness (QED) is 0.126. The maximum absolute atomic E-state index is 12.3. The molecule has 0 bridgehead atoms. The summed E-state index contributed by atoms with van der Waals surface area (Å²) in [5.41, 5.74) is 1.48. The highest BCUT2D eigenvalue weighted by molar-refractivity contribution is 5.82. The lowest BCUT2D eigenvalue weighted by Crippen LogP contribution is -2.60. The van der Waals surface area contributed by atoms with Crippen molar-refractivity contribution in [3.05, 3.63) is 35.4 Å². The number of aromatic hydroxyl groups is 1. The fraction of sp³-hybridized carbons (Fsp3) is 0.533. The van der Waals surface area contributed by atoms with E-state index in [1.54, 1.807) is 18.2 Å². The average molecular weight is 609 g/mol. The number of benzene rings is 2. The number of carbonyl (C=O) groups is 2. The highest BCUT2D eigenvalue weighted by atomic mass is 16.7. The van der Waals surface area contributed by atoms with Crippen molar-refractivity contribution in [3.63, 3.8) is 0 Å². The van der Waals surface area contributed by atoms with Gasteiger partial charge in [-0.3, -0.25) is 9.59 Å².